The molecule has 25 heavy (non-hydrogen) atoms. The average molecular weight is 393 g/mol. The Morgan fingerprint density at radius 3 is 2.44 bits per heavy atom. The molecule has 2 aromatic rings. The van der Waals surface area contributed by atoms with E-state index in [9.17, 15) is 18.0 Å². The van der Waals surface area contributed by atoms with E-state index < -0.39 is 23.5 Å². The van der Waals surface area contributed by atoms with Crippen molar-refractivity contribution in [3.05, 3.63) is 63.1 Å². The van der Waals surface area contributed by atoms with E-state index in [4.69, 9.17) is 27.9 Å². The SMILES string of the molecule is COC(=O)c1ccc(C(F)(F)F)c(OCCc2ccc(Cl)cc2Cl)c1. The molecule has 0 unspecified atom stereocenters. The average Bonchev–Trinajstić information content (AvgIpc) is 2.55. The van der Waals surface area contributed by atoms with Crippen LogP contribution in [0.25, 0.3) is 0 Å². The van der Waals surface area contributed by atoms with Crippen molar-refractivity contribution in [2.24, 2.45) is 0 Å². The van der Waals surface area contributed by atoms with Gasteiger partial charge in [-0.3, -0.25) is 0 Å². The van der Waals surface area contributed by atoms with E-state index in [1.54, 1.807) is 12.1 Å². The quantitative estimate of drug-likeness (QED) is 0.637. The molecule has 0 atom stereocenters. The summed E-state index contributed by atoms with van der Waals surface area (Å²) in [5.41, 5.74) is -0.318. The molecule has 0 N–H and O–H groups in total. The van der Waals surface area contributed by atoms with E-state index in [0.29, 0.717) is 15.6 Å². The van der Waals surface area contributed by atoms with E-state index in [-0.39, 0.29) is 18.6 Å². The van der Waals surface area contributed by atoms with Crippen molar-refractivity contribution in [1.82, 2.24) is 0 Å². The Balaban J connectivity index is 2.19. The van der Waals surface area contributed by atoms with Crippen LogP contribution in [0.5, 0.6) is 5.75 Å². The molecule has 0 aliphatic rings. The topological polar surface area (TPSA) is 35.5 Å². The molecule has 0 aromatic heterocycles. The fraction of sp³-hybridized carbons (Fsp3) is 0.235. The summed E-state index contributed by atoms with van der Waals surface area (Å²) in [5.74, 6) is -1.19. The first kappa shape index (κ1) is 19.4. The van der Waals surface area contributed by atoms with Gasteiger partial charge in [-0.2, -0.15) is 13.2 Å². The fourth-order valence-corrected chi connectivity index (χ4v) is 2.62. The van der Waals surface area contributed by atoms with Crippen LogP contribution in [0.1, 0.15) is 21.5 Å². The Hall–Kier alpha value is -1.92. The molecule has 0 radical (unpaired) electrons. The first-order chi connectivity index (χ1) is 11.7. The minimum Gasteiger partial charge on any atom is -0.493 e. The summed E-state index contributed by atoms with van der Waals surface area (Å²) in [7, 11) is 1.14. The first-order valence-corrected chi connectivity index (χ1v) is 7.84. The van der Waals surface area contributed by atoms with Gasteiger partial charge in [0.25, 0.3) is 0 Å². The Kier molecular flexibility index (Phi) is 6.19. The summed E-state index contributed by atoms with van der Waals surface area (Å²) in [4.78, 5) is 11.5. The van der Waals surface area contributed by atoms with Crippen LogP contribution in [-0.4, -0.2) is 19.7 Å². The zero-order valence-corrected chi connectivity index (χ0v) is 14.5. The summed E-state index contributed by atoms with van der Waals surface area (Å²) in [6.07, 6.45) is -4.34. The predicted octanol–water partition coefficient (Wildman–Crippen LogP) is 5.42. The van der Waals surface area contributed by atoms with Crippen LogP contribution in [0.3, 0.4) is 0 Å². The van der Waals surface area contributed by atoms with Gasteiger partial charge in [0, 0.05) is 16.5 Å². The summed E-state index contributed by atoms with van der Waals surface area (Å²) in [6.45, 7) is -0.0605. The normalized spacial score (nSPS) is 11.3. The number of benzene rings is 2. The van der Waals surface area contributed by atoms with Gasteiger partial charge in [0.1, 0.15) is 5.75 Å². The van der Waals surface area contributed by atoms with Crippen molar-refractivity contribution in [1.29, 1.82) is 0 Å². The van der Waals surface area contributed by atoms with Crippen molar-refractivity contribution in [2.75, 3.05) is 13.7 Å². The van der Waals surface area contributed by atoms with Gasteiger partial charge in [0.2, 0.25) is 0 Å². The van der Waals surface area contributed by atoms with Gasteiger partial charge in [-0.15, -0.1) is 0 Å². The molecule has 2 aromatic carbocycles. The van der Waals surface area contributed by atoms with Crippen LogP contribution in [-0.2, 0) is 17.3 Å². The second-order valence-electron chi connectivity index (χ2n) is 5.03. The van der Waals surface area contributed by atoms with E-state index in [1.807, 2.05) is 0 Å². The Labute approximate surface area is 152 Å². The van der Waals surface area contributed by atoms with Crippen molar-refractivity contribution in [2.45, 2.75) is 12.6 Å². The number of ether oxygens (including phenoxy) is 2. The maximum absolute atomic E-state index is 13.1. The second-order valence-corrected chi connectivity index (χ2v) is 5.88. The summed E-state index contributed by atoms with van der Waals surface area (Å²) in [6, 6.07) is 7.68. The Morgan fingerprint density at radius 2 is 1.84 bits per heavy atom. The van der Waals surface area contributed by atoms with E-state index in [0.717, 1.165) is 25.3 Å². The number of hydrogen-bond acceptors (Lipinski definition) is 3. The number of alkyl halides is 3. The molecule has 0 aliphatic carbocycles. The molecule has 134 valence electrons. The third-order valence-corrected chi connectivity index (χ3v) is 3.94. The number of halogens is 5. The highest BCUT2D eigenvalue weighted by Gasteiger charge is 2.34. The zero-order chi connectivity index (χ0) is 18.6. The molecule has 2 rings (SSSR count). The number of esters is 1. The lowest BCUT2D eigenvalue weighted by Crippen LogP contribution is -2.12. The highest BCUT2D eigenvalue weighted by atomic mass is 35.5. The first-order valence-electron chi connectivity index (χ1n) is 7.08. The Bertz CT molecular complexity index is 776. The second kappa shape index (κ2) is 7.97. The monoisotopic (exact) mass is 392 g/mol. The maximum atomic E-state index is 13.1. The van der Waals surface area contributed by atoms with Gasteiger partial charge in [0.05, 0.1) is 24.8 Å². The molecular formula is C17H13Cl2F3O3. The van der Waals surface area contributed by atoms with Crippen LogP contribution in [0.15, 0.2) is 36.4 Å². The number of hydrogen-bond donors (Lipinski definition) is 0. The van der Waals surface area contributed by atoms with Gasteiger partial charge in [-0.05, 0) is 35.9 Å². The van der Waals surface area contributed by atoms with Crippen molar-refractivity contribution in [3.63, 3.8) is 0 Å². The van der Waals surface area contributed by atoms with Crippen LogP contribution < -0.4 is 4.74 Å². The standard InChI is InChI=1S/C17H13Cl2F3O3/c1-24-16(23)11-3-5-13(17(20,21)22)15(8-11)25-7-6-10-2-4-12(18)9-14(10)19/h2-5,8-9H,6-7H2,1H3. The lowest BCUT2D eigenvalue weighted by molar-refractivity contribution is -0.138. The molecule has 0 saturated heterocycles. The van der Waals surface area contributed by atoms with E-state index in [2.05, 4.69) is 4.74 Å². The fourth-order valence-electron chi connectivity index (χ4n) is 2.12. The molecule has 0 saturated carbocycles. The minimum atomic E-state index is -4.61. The van der Waals surface area contributed by atoms with Gasteiger partial charge in [-0.25, -0.2) is 4.79 Å². The van der Waals surface area contributed by atoms with Crippen LogP contribution >= 0.6 is 23.2 Å². The van der Waals surface area contributed by atoms with Gasteiger partial charge in [0.15, 0.2) is 0 Å². The van der Waals surface area contributed by atoms with Crippen LogP contribution in [0, 0.1) is 0 Å². The third-order valence-electron chi connectivity index (χ3n) is 3.35. The Morgan fingerprint density at radius 1 is 1.12 bits per heavy atom. The third kappa shape index (κ3) is 5.03. The number of methoxy groups -OCH3 is 1. The highest BCUT2D eigenvalue weighted by Crippen LogP contribution is 2.37. The molecule has 0 spiro atoms. The van der Waals surface area contributed by atoms with Crippen molar-refractivity contribution in [3.8, 4) is 5.75 Å². The summed E-state index contributed by atoms with van der Waals surface area (Å²) < 4.78 is 49.1. The molecule has 8 heteroatoms. The largest absolute Gasteiger partial charge is 0.493 e. The molecule has 0 fully saturated rings. The van der Waals surface area contributed by atoms with Gasteiger partial charge >= 0.3 is 12.1 Å². The number of carbonyl (C=O) groups excluding carboxylic acids is 1. The highest BCUT2D eigenvalue weighted by molar-refractivity contribution is 6.35. The van der Waals surface area contributed by atoms with Gasteiger partial charge < -0.3 is 9.47 Å². The van der Waals surface area contributed by atoms with Crippen LogP contribution in [0.2, 0.25) is 10.0 Å². The molecule has 3 nitrogen and oxygen atoms in total. The van der Waals surface area contributed by atoms with E-state index in [1.165, 1.54) is 6.07 Å². The summed E-state index contributed by atoms with van der Waals surface area (Å²) in [5, 5.41) is 0.857. The predicted molar refractivity (Wildman–Crippen MR) is 88.4 cm³/mol. The van der Waals surface area contributed by atoms with Crippen molar-refractivity contribution >= 4 is 29.2 Å². The maximum Gasteiger partial charge on any atom is 0.419 e. The minimum absolute atomic E-state index is 0.0324. The zero-order valence-electron chi connectivity index (χ0n) is 13.0. The van der Waals surface area contributed by atoms with Gasteiger partial charge in [-0.1, -0.05) is 29.3 Å². The lowest BCUT2D eigenvalue weighted by atomic mass is 10.1. The number of carbonyl (C=O) groups is 1. The summed E-state index contributed by atoms with van der Waals surface area (Å²) >= 11 is 11.8. The molecule has 0 heterocycles. The van der Waals surface area contributed by atoms with E-state index >= 15 is 0 Å². The molecule has 0 bridgehead atoms. The molecule has 0 aliphatic heterocycles. The lowest BCUT2D eigenvalue weighted by Gasteiger charge is -2.15. The molecule has 0 amide bonds. The number of rotatable bonds is 5. The molecular weight excluding hydrogens is 380 g/mol. The van der Waals surface area contributed by atoms with Crippen LogP contribution in [0.4, 0.5) is 13.2 Å². The smallest absolute Gasteiger partial charge is 0.419 e. The van der Waals surface area contributed by atoms with Crippen molar-refractivity contribution < 1.29 is 27.4 Å².